The van der Waals surface area contributed by atoms with Crippen LogP contribution in [0.3, 0.4) is 0 Å². The first-order chi connectivity index (χ1) is 12.8. The highest BCUT2D eigenvalue weighted by molar-refractivity contribution is 7.81. The third-order valence-corrected chi connectivity index (χ3v) is 3.80. The Kier molecular flexibility index (Phi) is 5.12. The van der Waals surface area contributed by atoms with Crippen molar-refractivity contribution in [3.05, 3.63) is 71.9 Å². The van der Waals surface area contributed by atoms with Gasteiger partial charge in [-0.2, -0.15) is 13.5 Å². The number of nitrogens with zero attached hydrogens (tertiary/aromatic N) is 3. The summed E-state index contributed by atoms with van der Waals surface area (Å²) in [5.41, 5.74) is 0.303. The summed E-state index contributed by atoms with van der Waals surface area (Å²) < 4.78 is 52.8. The van der Waals surface area contributed by atoms with Gasteiger partial charge in [0.1, 0.15) is 11.6 Å². The third-order valence-electron chi connectivity index (χ3n) is 3.41. The van der Waals surface area contributed by atoms with Crippen molar-refractivity contribution < 1.29 is 25.7 Å². The molecule has 1 N–H and O–H groups in total. The average molecular weight is 394 g/mol. The summed E-state index contributed by atoms with van der Waals surface area (Å²) in [4.78, 5) is 16.0. The van der Waals surface area contributed by atoms with E-state index < -0.39 is 28.0 Å². The SMILES string of the molecule is O=C(Nc1ccnn1Cc1ccccc1F)c1cncc(OS(=O)(=O)F)c1. The minimum Gasteiger partial charge on any atom is -0.357 e. The highest BCUT2D eigenvalue weighted by atomic mass is 32.3. The first-order valence-corrected chi connectivity index (χ1v) is 8.78. The lowest BCUT2D eigenvalue weighted by Crippen LogP contribution is -2.17. The van der Waals surface area contributed by atoms with Crippen LogP contribution in [0.4, 0.5) is 14.1 Å². The van der Waals surface area contributed by atoms with E-state index in [1.165, 1.54) is 23.0 Å². The van der Waals surface area contributed by atoms with Crippen molar-refractivity contribution in [2.24, 2.45) is 0 Å². The third kappa shape index (κ3) is 4.85. The molecule has 3 aromatic rings. The van der Waals surface area contributed by atoms with Crippen LogP contribution < -0.4 is 9.50 Å². The molecular formula is C16H12F2N4O4S. The van der Waals surface area contributed by atoms with Crippen LogP contribution in [0, 0.1) is 5.82 Å². The number of halogens is 2. The molecule has 0 spiro atoms. The van der Waals surface area contributed by atoms with Gasteiger partial charge in [0.05, 0.1) is 24.5 Å². The zero-order valence-corrected chi connectivity index (χ0v) is 14.4. The van der Waals surface area contributed by atoms with Gasteiger partial charge in [-0.05, 0) is 12.1 Å². The minimum atomic E-state index is -5.24. The number of hydrogen-bond donors (Lipinski definition) is 1. The molecule has 0 aliphatic rings. The van der Waals surface area contributed by atoms with E-state index in [-0.39, 0.29) is 17.9 Å². The largest absolute Gasteiger partial charge is 0.488 e. The quantitative estimate of drug-likeness (QED) is 0.644. The van der Waals surface area contributed by atoms with E-state index in [1.54, 1.807) is 18.2 Å². The fourth-order valence-electron chi connectivity index (χ4n) is 2.24. The van der Waals surface area contributed by atoms with Crippen LogP contribution >= 0.6 is 0 Å². The van der Waals surface area contributed by atoms with Gasteiger partial charge >= 0.3 is 10.5 Å². The van der Waals surface area contributed by atoms with Crippen molar-refractivity contribution in [2.45, 2.75) is 6.54 Å². The van der Waals surface area contributed by atoms with Crippen LogP contribution in [0.15, 0.2) is 55.0 Å². The molecule has 2 aromatic heterocycles. The molecule has 1 aromatic carbocycles. The Labute approximate surface area is 152 Å². The standard InChI is InChI=1S/C16H12F2N4O4S/c17-14-4-2-1-3-11(14)10-22-15(5-6-20-22)21-16(23)12-7-13(9-19-8-12)26-27(18,24)25/h1-9H,10H2,(H,21,23). The van der Waals surface area contributed by atoms with E-state index >= 15 is 0 Å². The molecule has 0 radical (unpaired) electrons. The summed E-state index contributed by atoms with van der Waals surface area (Å²) in [6.45, 7) is 0.0801. The lowest BCUT2D eigenvalue weighted by atomic mass is 10.2. The number of benzene rings is 1. The Bertz CT molecular complexity index is 1090. The van der Waals surface area contributed by atoms with E-state index in [0.29, 0.717) is 5.56 Å². The maximum atomic E-state index is 13.8. The Morgan fingerprint density at radius 3 is 2.74 bits per heavy atom. The second-order valence-corrected chi connectivity index (χ2v) is 6.26. The number of nitrogens with one attached hydrogen (secondary N) is 1. The highest BCUT2D eigenvalue weighted by Crippen LogP contribution is 2.17. The number of carbonyl (C=O) groups excluding carboxylic acids is 1. The predicted molar refractivity (Wildman–Crippen MR) is 90.6 cm³/mol. The number of pyridine rings is 1. The van der Waals surface area contributed by atoms with E-state index in [0.717, 1.165) is 18.5 Å². The number of amides is 1. The summed E-state index contributed by atoms with van der Waals surface area (Å²) >= 11 is 0. The molecule has 2 heterocycles. The smallest absolute Gasteiger partial charge is 0.357 e. The van der Waals surface area contributed by atoms with Gasteiger partial charge in [0.2, 0.25) is 0 Å². The number of anilines is 1. The Morgan fingerprint density at radius 2 is 2.00 bits per heavy atom. The van der Waals surface area contributed by atoms with Gasteiger partial charge in [-0.15, -0.1) is 0 Å². The van der Waals surface area contributed by atoms with E-state index in [9.17, 15) is 21.5 Å². The summed E-state index contributed by atoms with van der Waals surface area (Å²) in [6, 6.07) is 8.65. The summed E-state index contributed by atoms with van der Waals surface area (Å²) in [6.07, 6.45) is 3.50. The van der Waals surface area contributed by atoms with Gasteiger partial charge in [0.25, 0.3) is 5.91 Å². The highest BCUT2D eigenvalue weighted by Gasteiger charge is 2.15. The monoisotopic (exact) mass is 394 g/mol. The van der Waals surface area contributed by atoms with Gasteiger partial charge in [0.15, 0.2) is 5.75 Å². The van der Waals surface area contributed by atoms with Crippen molar-refractivity contribution in [2.75, 3.05) is 5.32 Å². The molecule has 140 valence electrons. The van der Waals surface area contributed by atoms with Crippen molar-refractivity contribution in [1.82, 2.24) is 14.8 Å². The van der Waals surface area contributed by atoms with Crippen LogP contribution in [0.25, 0.3) is 0 Å². The molecule has 0 aliphatic heterocycles. The molecule has 8 nitrogen and oxygen atoms in total. The molecule has 1 amide bonds. The van der Waals surface area contributed by atoms with Gasteiger partial charge in [0, 0.05) is 17.8 Å². The summed E-state index contributed by atoms with van der Waals surface area (Å²) in [5, 5.41) is 6.57. The van der Waals surface area contributed by atoms with Crippen molar-refractivity contribution in [3.8, 4) is 5.75 Å². The maximum absolute atomic E-state index is 13.8. The summed E-state index contributed by atoms with van der Waals surface area (Å²) in [7, 11) is -5.24. The molecular weight excluding hydrogens is 382 g/mol. The van der Waals surface area contributed by atoms with E-state index in [4.69, 9.17) is 0 Å². The maximum Gasteiger partial charge on any atom is 0.488 e. The first-order valence-electron chi connectivity index (χ1n) is 7.47. The zero-order valence-electron chi connectivity index (χ0n) is 13.5. The molecule has 3 rings (SSSR count). The molecule has 0 bridgehead atoms. The lowest BCUT2D eigenvalue weighted by molar-refractivity contribution is 0.102. The Morgan fingerprint density at radius 1 is 1.22 bits per heavy atom. The van der Waals surface area contributed by atoms with Crippen LogP contribution in [0.5, 0.6) is 5.75 Å². The van der Waals surface area contributed by atoms with Crippen molar-refractivity contribution in [1.29, 1.82) is 0 Å². The molecule has 11 heteroatoms. The normalized spacial score (nSPS) is 11.2. The molecule has 0 unspecified atom stereocenters. The van der Waals surface area contributed by atoms with E-state index in [1.807, 2.05) is 0 Å². The second-order valence-electron chi connectivity index (χ2n) is 5.31. The first kappa shape index (κ1) is 18.5. The predicted octanol–water partition coefficient (Wildman–Crippen LogP) is 2.31. The van der Waals surface area contributed by atoms with E-state index in [2.05, 4.69) is 19.6 Å². The van der Waals surface area contributed by atoms with Gasteiger partial charge in [-0.1, -0.05) is 22.1 Å². The van der Waals surface area contributed by atoms with Crippen molar-refractivity contribution in [3.63, 3.8) is 0 Å². The molecule has 0 aliphatic carbocycles. The molecule has 0 atom stereocenters. The van der Waals surface area contributed by atoms with Gasteiger partial charge in [-0.25, -0.2) is 9.07 Å². The number of rotatable bonds is 6. The van der Waals surface area contributed by atoms with Gasteiger partial charge < -0.3 is 9.50 Å². The molecule has 0 saturated carbocycles. The van der Waals surface area contributed by atoms with Crippen LogP contribution in [-0.4, -0.2) is 29.1 Å². The second kappa shape index (κ2) is 7.50. The fourth-order valence-corrected chi connectivity index (χ4v) is 2.57. The topological polar surface area (TPSA) is 103 Å². The van der Waals surface area contributed by atoms with Gasteiger partial charge in [-0.3, -0.25) is 9.78 Å². The molecule has 27 heavy (non-hydrogen) atoms. The van der Waals surface area contributed by atoms with Crippen molar-refractivity contribution >= 4 is 22.2 Å². The van der Waals surface area contributed by atoms with Crippen LogP contribution in [0.1, 0.15) is 15.9 Å². The average Bonchev–Trinajstić information content (AvgIpc) is 3.02. The lowest BCUT2D eigenvalue weighted by Gasteiger charge is -2.10. The molecule has 0 saturated heterocycles. The fraction of sp³-hybridized carbons (Fsp3) is 0.0625. The number of aromatic nitrogens is 3. The zero-order chi connectivity index (χ0) is 19.4. The number of hydrogen-bond acceptors (Lipinski definition) is 6. The minimum absolute atomic E-state index is 0.0743. The number of carbonyl (C=O) groups is 1. The summed E-state index contributed by atoms with van der Waals surface area (Å²) in [5.74, 6) is -1.26. The van der Waals surface area contributed by atoms with Crippen LogP contribution in [0.2, 0.25) is 0 Å². The molecule has 0 fully saturated rings. The Balaban J connectivity index is 1.77. The van der Waals surface area contributed by atoms with Crippen LogP contribution in [-0.2, 0) is 17.0 Å². The Hall–Kier alpha value is -3.34.